The van der Waals surface area contributed by atoms with Crippen molar-refractivity contribution in [3.8, 4) is 6.07 Å². The maximum atomic E-state index is 12.0. The Labute approximate surface area is 124 Å². The Bertz CT molecular complexity index is 551. The number of carboxylic acids is 1. The molecule has 0 aliphatic heterocycles. The van der Waals surface area contributed by atoms with Gasteiger partial charge < -0.3 is 10.4 Å². The maximum Gasteiger partial charge on any atom is 0.321 e. The van der Waals surface area contributed by atoms with E-state index in [0.717, 1.165) is 0 Å². The highest BCUT2D eigenvalue weighted by molar-refractivity contribution is 5.92. The summed E-state index contributed by atoms with van der Waals surface area (Å²) < 4.78 is 0. The summed E-state index contributed by atoms with van der Waals surface area (Å²) in [6, 6.07) is 8.57. The fourth-order valence-electron chi connectivity index (χ4n) is 1.82. The highest BCUT2D eigenvalue weighted by Gasteiger charge is 2.15. The average Bonchev–Trinajstić information content (AvgIpc) is 2.49. The number of para-hydroxylation sites is 1. The van der Waals surface area contributed by atoms with Crippen LogP contribution in [0.5, 0.6) is 0 Å². The lowest BCUT2D eigenvalue weighted by atomic mass is 10.1. The summed E-state index contributed by atoms with van der Waals surface area (Å²) in [6.45, 7) is 2.28. The topological polar surface area (TPSA) is 93.4 Å². The van der Waals surface area contributed by atoms with Gasteiger partial charge in [0.25, 0.3) is 0 Å². The molecule has 1 aromatic carbocycles. The number of hydrogen-bond donors (Lipinski definition) is 2. The molecule has 1 aromatic rings. The molecule has 2 amide bonds. The van der Waals surface area contributed by atoms with E-state index in [1.165, 1.54) is 4.90 Å². The summed E-state index contributed by atoms with van der Waals surface area (Å²) in [5.41, 5.74) is 0.963. The number of benzene rings is 1. The molecule has 6 heteroatoms. The van der Waals surface area contributed by atoms with Gasteiger partial charge in [0.15, 0.2) is 0 Å². The van der Waals surface area contributed by atoms with Crippen molar-refractivity contribution in [3.63, 3.8) is 0 Å². The molecule has 0 heterocycles. The molecule has 0 aromatic heterocycles. The SMILES string of the molecule is CC(CCC(=O)O)CNC(=O)N(C)c1ccccc1C#N. The number of carboxylic acid groups (broad SMARTS) is 1. The van der Waals surface area contributed by atoms with Crippen molar-refractivity contribution in [1.29, 1.82) is 5.26 Å². The summed E-state index contributed by atoms with van der Waals surface area (Å²) in [5.74, 6) is -0.766. The molecular weight excluding hydrogens is 270 g/mol. The van der Waals surface area contributed by atoms with Crippen LogP contribution in [0.25, 0.3) is 0 Å². The molecule has 21 heavy (non-hydrogen) atoms. The molecule has 1 atom stereocenters. The highest BCUT2D eigenvalue weighted by Crippen LogP contribution is 2.18. The van der Waals surface area contributed by atoms with Crippen LogP contribution in [0, 0.1) is 17.2 Å². The minimum Gasteiger partial charge on any atom is -0.481 e. The van der Waals surface area contributed by atoms with Crippen molar-refractivity contribution in [1.82, 2.24) is 5.32 Å². The number of rotatable bonds is 6. The summed E-state index contributed by atoms with van der Waals surface area (Å²) in [7, 11) is 1.59. The molecule has 0 aliphatic carbocycles. The Morgan fingerprint density at radius 1 is 1.43 bits per heavy atom. The van der Waals surface area contributed by atoms with E-state index in [0.29, 0.717) is 24.2 Å². The first-order valence-corrected chi connectivity index (χ1v) is 6.68. The van der Waals surface area contributed by atoms with Crippen molar-refractivity contribution in [2.45, 2.75) is 19.8 Å². The quantitative estimate of drug-likeness (QED) is 0.839. The van der Waals surface area contributed by atoms with Crippen molar-refractivity contribution in [2.75, 3.05) is 18.5 Å². The van der Waals surface area contributed by atoms with Crippen LogP contribution in [0.1, 0.15) is 25.3 Å². The van der Waals surface area contributed by atoms with Crippen LogP contribution in [-0.4, -0.2) is 30.7 Å². The van der Waals surface area contributed by atoms with Crippen molar-refractivity contribution in [2.24, 2.45) is 5.92 Å². The number of anilines is 1. The second-order valence-corrected chi connectivity index (χ2v) is 4.91. The first-order chi connectivity index (χ1) is 9.95. The number of urea groups is 1. The lowest BCUT2D eigenvalue weighted by Gasteiger charge is -2.20. The van der Waals surface area contributed by atoms with Gasteiger partial charge in [0.05, 0.1) is 11.3 Å². The molecular formula is C15H19N3O3. The number of hydrogen-bond acceptors (Lipinski definition) is 3. The predicted octanol–water partition coefficient (Wildman–Crippen LogP) is 2.20. The van der Waals surface area contributed by atoms with Gasteiger partial charge in [-0.05, 0) is 24.5 Å². The number of nitrogens with zero attached hydrogens (tertiary/aromatic N) is 2. The van der Waals surface area contributed by atoms with Crippen molar-refractivity contribution in [3.05, 3.63) is 29.8 Å². The van der Waals surface area contributed by atoms with Crippen LogP contribution in [-0.2, 0) is 4.79 Å². The number of nitrogens with one attached hydrogen (secondary N) is 1. The second-order valence-electron chi connectivity index (χ2n) is 4.91. The fourth-order valence-corrected chi connectivity index (χ4v) is 1.82. The molecule has 2 N–H and O–H groups in total. The third-order valence-corrected chi connectivity index (χ3v) is 3.14. The van der Waals surface area contributed by atoms with E-state index in [9.17, 15) is 9.59 Å². The van der Waals surface area contributed by atoms with Gasteiger partial charge in [0.1, 0.15) is 6.07 Å². The Balaban J connectivity index is 2.55. The van der Waals surface area contributed by atoms with Gasteiger partial charge in [-0.3, -0.25) is 9.69 Å². The van der Waals surface area contributed by atoms with E-state index >= 15 is 0 Å². The molecule has 0 aliphatic rings. The van der Waals surface area contributed by atoms with E-state index in [1.807, 2.05) is 13.0 Å². The summed E-state index contributed by atoms with van der Waals surface area (Å²) in [4.78, 5) is 23.9. The first kappa shape index (κ1) is 16.5. The van der Waals surface area contributed by atoms with Gasteiger partial charge in [-0.25, -0.2) is 4.79 Å². The van der Waals surface area contributed by atoms with Crippen LogP contribution in [0.2, 0.25) is 0 Å². The average molecular weight is 289 g/mol. The predicted molar refractivity (Wildman–Crippen MR) is 79.0 cm³/mol. The molecule has 0 bridgehead atoms. The Kier molecular flexibility index (Phi) is 6.21. The van der Waals surface area contributed by atoms with Gasteiger partial charge >= 0.3 is 12.0 Å². The third-order valence-electron chi connectivity index (χ3n) is 3.14. The number of aliphatic carboxylic acids is 1. The standard InChI is InChI=1S/C15H19N3O3/c1-11(7-8-14(19)20)10-17-15(21)18(2)13-6-4-3-5-12(13)9-16/h3-6,11H,7-8,10H2,1-2H3,(H,17,21)(H,19,20). The monoisotopic (exact) mass is 289 g/mol. The minimum atomic E-state index is -0.840. The molecule has 0 saturated heterocycles. The van der Waals surface area contributed by atoms with Crippen molar-refractivity contribution >= 4 is 17.7 Å². The second kappa shape index (κ2) is 7.90. The molecule has 1 unspecified atom stereocenters. The Morgan fingerprint density at radius 3 is 2.71 bits per heavy atom. The van der Waals surface area contributed by atoms with Crippen molar-refractivity contribution < 1.29 is 14.7 Å². The third kappa shape index (κ3) is 5.15. The van der Waals surface area contributed by atoms with Gasteiger partial charge in [0, 0.05) is 20.0 Å². The lowest BCUT2D eigenvalue weighted by molar-refractivity contribution is -0.137. The summed E-state index contributed by atoms with van der Waals surface area (Å²) >= 11 is 0. The molecule has 0 saturated carbocycles. The van der Waals surface area contributed by atoms with E-state index in [4.69, 9.17) is 10.4 Å². The normalized spacial score (nSPS) is 11.3. The number of nitriles is 1. The van der Waals surface area contributed by atoms with E-state index in [1.54, 1.807) is 31.3 Å². The number of amides is 2. The van der Waals surface area contributed by atoms with Crippen LogP contribution >= 0.6 is 0 Å². The number of carbonyl (C=O) groups excluding carboxylic acids is 1. The summed E-state index contributed by atoms with van der Waals surface area (Å²) in [6.07, 6.45) is 0.595. The van der Waals surface area contributed by atoms with Gasteiger partial charge in [-0.2, -0.15) is 5.26 Å². The van der Waals surface area contributed by atoms with Crippen LogP contribution in [0.15, 0.2) is 24.3 Å². The maximum absolute atomic E-state index is 12.0. The molecule has 0 fully saturated rings. The summed E-state index contributed by atoms with van der Waals surface area (Å²) in [5, 5.41) is 20.4. The van der Waals surface area contributed by atoms with Crippen LogP contribution < -0.4 is 10.2 Å². The zero-order valence-corrected chi connectivity index (χ0v) is 12.2. The van der Waals surface area contributed by atoms with Crippen LogP contribution in [0.4, 0.5) is 10.5 Å². The van der Waals surface area contributed by atoms with Gasteiger partial charge in [0.2, 0.25) is 0 Å². The highest BCUT2D eigenvalue weighted by atomic mass is 16.4. The van der Waals surface area contributed by atoms with E-state index < -0.39 is 5.97 Å². The fraction of sp³-hybridized carbons (Fsp3) is 0.400. The zero-order valence-electron chi connectivity index (χ0n) is 12.2. The lowest BCUT2D eigenvalue weighted by Crippen LogP contribution is -2.39. The minimum absolute atomic E-state index is 0.0738. The molecule has 0 radical (unpaired) electrons. The van der Waals surface area contributed by atoms with E-state index in [-0.39, 0.29) is 18.4 Å². The van der Waals surface area contributed by atoms with Crippen LogP contribution in [0.3, 0.4) is 0 Å². The largest absolute Gasteiger partial charge is 0.481 e. The molecule has 6 nitrogen and oxygen atoms in total. The molecule has 0 spiro atoms. The molecule has 112 valence electrons. The van der Waals surface area contributed by atoms with Gasteiger partial charge in [-0.15, -0.1) is 0 Å². The molecule has 1 rings (SSSR count). The smallest absolute Gasteiger partial charge is 0.321 e. The first-order valence-electron chi connectivity index (χ1n) is 6.68. The Morgan fingerprint density at radius 2 is 2.10 bits per heavy atom. The van der Waals surface area contributed by atoms with E-state index in [2.05, 4.69) is 5.32 Å². The van der Waals surface area contributed by atoms with Gasteiger partial charge in [-0.1, -0.05) is 19.1 Å². The Hall–Kier alpha value is -2.55. The zero-order chi connectivity index (χ0) is 15.8. The number of carbonyl (C=O) groups is 2.